The van der Waals surface area contributed by atoms with Gasteiger partial charge in [-0.2, -0.15) is 0 Å². The van der Waals surface area contributed by atoms with E-state index in [0.29, 0.717) is 10.7 Å². The molecule has 3 rings (SSSR count). The molecule has 116 valence electrons. The molecule has 7 heteroatoms. The predicted octanol–water partition coefficient (Wildman–Crippen LogP) is 2.39. The van der Waals surface area contributed by atoms with Gasteiger partial charge in [-0.3, -0.25) is 9.69 Å². The first-order valence-electron chi connectivity index (χ1n) is 7.25. The number of hydrogen-bond acceptors (Lipinski definition) is 6. The van der Waals surface area contributed by atoms with Gasteiger partial charge in [-0.15, -0.1) is 10.2 Å². The number of carbonyl (C=O) groups is 1. The van der Waals surface area contributed by atoms with E-state index in [2.05, 4.69) is 20.4 Å². The van der Waals surface area contributed by atoms with Crippen LogP contribution in [0.1, 0.15) is 27.7 Å². The molecule has 1 saturated heterocycles. The zero-order valence-corrected chi connectivity index (χ0v) is 13.2. The van der Waals surface area contributed by atoms with Crippen LogP contribution in [-0.4, -0.2) is 41.2 Å². The van der Waals surface area contributed by atoms with E-state index >= 15 is 0 Å². The second kappa shape index (κ2) is 6.85. The molecule has 1 N–H and O–H groups in total. The molecule has 0 radical (unpaired) electrons. The molecule has 0 saturated carbocycles. The molecule has 1 aliphatic rings. The Morgan fingerprint density at radius 3 is 2.68 bits per heavy atom. The first kappa shape index (κ1) is 14.9. The number of nitrogens with zero attached hydrogens (tertiary/aromatic N) is 3. The highest BCUT2D eigenvalue weighted by Crippen LogP contribution is 2.19. The summed E-state index contributed by atoms with van der Waals surface area (Å²) in [4.78, 5) is 14.5. The van der Waals surface area contributed by atoms with Crippen LogP contribution in [0.4, 0.5) is 5.69 Å². The fourth-order valence-corrected chi connectivity index (χ4v) is 3.18. The lowest BCUT2D eigenvalue weighted by Crippen LogP contribution is -2.18. The molecule has 0 bridgehead atoms. The fourth-order valence-electron chi connectivity index (χ4n) is 2.40. The van der Waals surface area contributed by atoms with Crippen molar-refractivity contribution in [2.45, 2.75) is 19.4 Å². The van der Waals surface area contributed by atoms with Gasteiger partial charge in [-0.1, -0.05) is 11.3 Å². The van der Waals surface area contributed by atoms with E-state index in [1.165, 1.54) is 24.2 Å². The van der Waals surface area contributed by atoms with Gasteiger partial charge in [0.2, 0.25) is 5.01 Å². The van der Waals surface area contributed by atoms with E-state index in [0.717, 1.165) is 30.4 Å². The number of amides is 1. The summed E-state index contributed by atoms with van der Waals surface area (Å²) >= 11 is 1.35. The Bertz CT molecular complexity index is 635. The maximum absolute atomic E-state index is 12.2. The molecule has 2 aromatic rings. The van der Waals surface area contributed by atoms with Crippen molar-refractivity contribution in [3.8, 4) is 5.75 Å². The molecule has 0 spiro atoms. The minimum atomic E-state index is -0.227. The lowest BCUT2D eigenvalue weighted by Gasteiger charge is -2.10. The van der Waals surface area contributed by atoms with Crippen molar-refractivity contribution in [1.29, 1.82) is 0 Å². The summed E-state index contributed by atoms with van der Waals surface area (Å²) < 4.78 is 5.09. The molecule has 0 atom stereocenters. The van der Waals surface area contributed by atoms with Crippen LogP contribution < -0.4 is 10.1 Å². The third-order valence-electron chi connectivity index (χ3n) is 3.57. The molecule has 0 aliphatic carbocycles. The summed E-state index contributed by atoms with van der Waals surface area (Å²) in [6, 6.07) is 7.19. The van der Waals surface area contributed by atoms with Crippen molar-refractivity contribution >= 4 is 22.9 Å². The topological polar surface area (TPSA) is 67.3 Å². The molecule has 22 heavy (non-hydrogen) atoms. The summed E-state index contributed by atoms with van der Waals surface area (Å²) in [6.45, 7) is 2.99. The van der Waals surface area contributed by atoms with Crippen LogP contribution in [0.25, 0.3) is 0 Å². The second-order valence-corrected chi connectivity index (χ2v) is 6.23. The van der Waals surface area contributed by atoms with E-state index < -0.39 is 0 Å². The van der Waals surface area contributed by atoms with Crippen LogP contribution >= 0.6 is 11.3 Å². The van der Waals surface area contributed by atoms with Gasteiger partial charge in [-0.25, -0.2) is 0 Å². The molecule has 1 aromatic carbocycles. The number of aromatic nitrogens is 2. The summed E-state index contributed by atoms with van der Waals surface area (Å²) in [6.07, 6.45) is 2.48. The van der Waals surface area contributed by atoms with Gasteiger partial charge in [0, 0.05) is 5.69 Å². The van der Waals surface area contributed by atoms with Gasteiger partial charge in [-0.05, 0) is 50.2 Å². The maximum Gasteiger partial charge on any atom is 0.286 e. The number of carbonyl (C=O) groups excluding carboxylic acids is 1. The summed E-state index contributed by atoms with van der Waals surface area (Å²) in [7, 11) is 1.61. The molecule has 1 fully saturated rings. The van der Waals surface area contributed by atoms with Crippen molar-refractivity contribution < 1.29 is 9.53 Å². The minimum Gasteiger partial charge on any atom is -0.497 e. The Morgan fingerprint density at radius 2 is 2.00 bits per heavy atom. The largest absolute Gasteiger partial charge is 0.497 e. The fraction of sp³-hybridized carbons (Fsp3) is 0.400. The molecular weight excluding hydrogens is 300 g/mol. The molecule has 0 unspecified atom stereocenters. The average Bonchev–Trinajstić information content (AvgIpc) is 3.20. The molecule has 1 amide bonds. The van der Waals surface area contributed by atoms with Gasteiger partial charge in [0.15, 0.2) is 0 Å². The van der Waals surface area contributed by atoms with Crippen molar-refractivity contribution in [2.24, 2.45) is 0 Å². The third kappa shape index (κ3) is 3.61. The number of methoxy groups -OCH3 is 1. The number of nitrogens with one attached hydrogen (secondary N) is 1. The van der Waals surface area contributed by atoms with Gasteiger partial charge in [0.25, 0.3) is 5.91 Å². The Labute approximate surface area is 133 Å². The highest BCUT2D eigenvalue weighted by atomic mass is 32.1. The van der Waals surface area contributed by atoms with Crippen molar-refractivity contribution in [2.75, 3.05) is 25.5 Å². The number of anilines is 1. The highest BCUT2D eigenvalue weighted by molar-refractivity contribution is 7.13. The number of rotatable bonds is 5. The molecule has 1 aliphatic heterocycles. The SMILES string of the molecule is COc1ccc(NC(=O)c2nnc(CN3CCCC3)s2)cc1. The van der Waals surface area contributed by atoms with Gasteiger partial charge >= 0.3 is 0 Å². The highest BCUT2D eigenvalue weighted by Gasteiger charge is 2.17. The Morgan fingerprint density at radius 1 is 1.27 bits per heavy atom. The van der Waals surface area contributed by atoms with Crippen LogP contribution in [0.3, 0.4) is 0 Å². The lowest BCUT2D eigenvalue weighted by atomic mass is 10.3. The van der Waals surface area contributed by atoms with Gasteiger partial charge in [0.05, 0.1) is 13.7 Å². The predicted molar refractivity (Wildman–Crippen MR) is 85.4 cm³/mol. The van der Waals surface area contributed by atoms with Gasteiger partial charge < -0.3 is 10.1 Å². The average molecular weight is 318 g/mol. The van der Waals surface area contributed by atoms with Crippen LogP contribution in [0.15, 0.2) is 24.3 Å². The van der Waals surface area contributed by atoms with Crippen molar-refractivity contribution in [1.82, 2.24) is 15.1 Å². The van der Waals surface area contributed by atoms with Crippen LogP contribution in [0.5, 0.6) is 5.75 Å². The molecule has 6 nitrogen and oxygen atoms in total. The molecule has 2 heterocycles. The monoisotopic (exact) mass is 318 g/mol. The Balaban J connectivity index is 1.60. The van der Waals surface area contributed by atoms with Crippen molar-refractivity contribution in [3.05, 3.63) is 34.3 Å². The van der Waals surface area contributed by atoms with E-state index in [4.69, 9.17) is 4.74 Å². The number of hydrogen-bond donors (Lipinski definition) is 1. The standard InChI is InChI=1S/C15H18N4O2S/c1-21-12-6-4-11(5-7-12)16-14(20)15-18-17-13(22-15)10-19-8-2-3-9-19/h4-7H,2-3,8-10H2,1H3,(H,16,20). The second-order valence-electron chi connectivity index (χ2n) is 5.17. The first-order valence-corrected chi connectivity index (χ1v) is 8.06. The quantitative estimate of drug-likeness (QED) is 0.917. The van der Waals surface area contributed by atoms with E-state index in [1.807, 2.05) is 0 Å². The maximum atomic E-state index is 12.2. The Hall–Kier alpha value is -1.99. The summed E-state index contributed by atoms with van der Waals surface area (Å²) in [5.41, 5.74) is 0.710. The van der Waals surface area contributed by atoms with E-state index in [1.54, 1.807) is 31.4 Å². The van der Waals surface area contributed by atoms with Gasteiger partial charge in [0.1, 0.15) is 10.8 Å². The number of benzene rings is 1. The smallest absolute Gasteiger partial charge is 0.286 e. The van der Waals surface area contributed by atoms with Crippen LogP contribution in [-0.2, 0) is 6.54 Å². The number of ether oxygens (including phenoxy) is 1. The Kier molecular flexibility index (Phi) is 4.65. The summed E-state index contributed by atoms with van der Waals surface area (Å²) in [5.74, 6) is 0.525. The first-order chi connectivity index (χ1) is 10.7. The zero-order valence-electron chi connectivity index (χ0n) is 12.4. The summed E-state index contributed by atoms with van der Waals surface area (Å²) in [5, 5.41) is 12.2. The van der Waals surface area contributed by atoms with Crippen LogP contribution in [0.2, 0.25) is 0 Å². The zero-order chi connectivity index (χ0) is 15.4. The normalized spacial score (nSPS) is 15.0. The lowest BCUT2D eigenvalue weighted by molar-refractivity contribution is 0.102. The molecule has 1 aromatic heterocycles. The third-order valence-corrected chi connectivity index (χ3v) is 4.47. The number of likely N-dealkylation sites (tertiary alicyclic amines) is 1. The van der Waals surface area contributed by atoms with E-state index in [9.17, 15) is 4.79 Å². The van der Waals surface area contributed by atoms with Crippen molar-refractivity contribution in [3.63, 3.8) is 0 Å². The molecular formula is C15H18N4O2S. The minimum absolute atomic E-state index is 0.227. The van der Waals surface area contributed by atoms with E-state index in [-0.39, 0.29) is 5.91 Å². The van der Waals surface area contributed by atoms with Crippen LogP contribution in [0, 0.1) is 0 Å².